The maximum absolute atomic E-state index is 13.1. The summed E-state index contributed by atoms with van der Waals surface area (Å²) in [4.78, 5) is 13.1. The summed E-state index contributed by atoms with van der Waals surface area (Å²) in [7, 11) is 0. The summed E-state index contributed by atoms with van der Waals surface area (Å²) < 4.78 is 5.07. The van der Waals surface area contributed by atoms with Crippen LogP contribution in [-0.2, 0) is 4.79 Å². The molecule has 2 aliphatic carbocycles. The van der Waals surface area contributed by atoms with Crippen molar-refractivity contribution < 1.29 is 14.4 Å². The van der Waals surface area contributed by atoms with E-state index in [2.05, 4.69) is 22.3 Å². The van der Waals surface area contributed by atoms with Crippen LogP contribution < -0.4 is 5.32 Å². The van der Waals surface area contributed by atoms with Gasteiger partial charge in [-0.05, 0) is 52.5 Å². The van der Waals surface area contributed by atoms with Crippen LogP contribution in [0.2, 0.25) is 0 Å². The smallest absolute Gasteiger partial charge is 0.158 e. The summed E-state index contributed by atoms with van der Waals surface area (Å²) in [6.07, 6.45) is 5.61. The zero-order valence-corrected chi connectivity index (χ0v) is 16.8. The van der Waals surface area contributed by atoms with Gasteiger partial charge < -0.3 is 15.0 Å². The molecule has 2 fully saturated rings. The number of ketones is 1. The van der Waals surface area contributed by atoms with Crippen LogP contribution >= 0.6 is 0 Å². The minimum Gasteiger partial charge on any atom is -0.384 e. The first-order chi connectivity index (χ1) is 13.3. The second-order valence-electron chi connectivity index (χ2n) is 8.21. The summed E-state index contributed by atoms with van der Waals surface area (Å²) in [5, 5.41) is 26.2. The van der Waals surface area contributed by atoms with Gasteiger partial charge in [0.1, 0.15) is 23.1 Å². The number of hydrogen-bond donors (Lipinski definition) is 3. The van der Waals surface area contributed by atoms with Gasteiger partial charge in [0.25, 0.3) is 0 Å². The summed E-state index contributed by atoms with van der Waals surface area (Å²) in [6.45, 7) is 5.48. The van der Waals surface area contributed by atoms with Gasteiger partial charge >= 0.3 is 0 Å². The first-order valence-corrected chi connectivity index (χ1v) is 9.97. The van der Waals surface area contributed by atoms with E-state index in [1.807, 2.05) is 6.92 Å². The largest absolute Gasteiger partial charge is 0.384 e. The molecule has 3 rings (SSSR count). The van der Waals surface area contributed by atoms with Crippen LogP contribution in [0.3, 0.4) is 0 Å². The van der Waals surface area contributed by atoms with Crippen molar-refractivity contribution in [1.29, 1.82) is 5.41 Å². The molecule has 0 radical (unpaired) electrons. The Morgan fingerprint density at radius 1 is 1.50 bits per heavy atom. The van der Waals surface area contributed by atoms with Crippen LogP contribution in [0.4, 0.5) is 0 Å². The fraction of sp³-hybridized carbons (Fsp3) is 0.591. The standard InChI is InChI=1S/C22H29N3O3/c1-14(7-8-16-9-10-16)11-18(23)13-24-22(3,20(26)17-5-4-6-17)21(27)19-12-15(2)28-25-19/h11-12,16-17,21,23-24,27H,4-6,9-10,13H2,1-3H3/b14-11+,23-18?/t21?,22-/m1/s1. The molecule has 6 heteroatoms. The molecule has 3 N–H and O–H groups in total. The zero-order chi connectivity index (χ0) is 20.3. The predicted molar refractivity (Wildman–Crippen MR) is 107 cm³/mol. The zero-order valence-electron chi connectivity index (χ0n) is 16.8. The van der Waals surface area contributed by atoms with Gasteiger partial charge in [-0.25, -0.2) is 0 Å². The molecule has 150 valence electrons. The number of rotatable bonds is 8. The molecule has 0 bridgehead atoms. The summed E-state index contributed by atoms with van der Waals surface area (Å²) in [5.74, 6) is 7.26. The van der Waals surface area contributed by atoms with E-state index < -0.39 is 11.6 Å². The van der Waals surface area contributed by atoms with Gasteiger partial charge in [-0.1, -0.05) is 23.4 Å². The van der Waals surface area contributed by atoms with Crippen LogP contribution in [0.25, 0.3) is 0 Å². The van der Waals surface area contributed by atoms with E-state index >= 15 is 0 Å². The second kappa shape index (κ2) is 8.42. The van der Waals surface area contributed by atoms with E-state index in [0.717, 1.165) is 24.8 Å². The van der Waals surface area contributed by atoms with E-state index in [-0.39, 0.29) is 18.2 Å². The maximum atomic E-state index is 13.1. The van der Waals surface area contributed by atoms with Crippen molar-refractivity contribution >= 4 is 11.5 Å². The molecular weight excluding hydrogens is 354 g/mol. The minimum atomic E-state index is -1.23. The van der Waals surface area contributed by atoms with E-state index in [0.29, 0.717) is 23.1 Å². The molecule has 1 heterocycles. The molecule has 2 aliphatic rings. The number of Topliss-reactive ketones (excluding diaryl/α,β-unsaturated/α-hetero) is 1. The number of hydrogen-bond acceptors (Lipinski definition) is 6. The molecular formula is C22H29N3O3. The van der Waals surface area contributed by atoms with E-state index in [4.69, 9.17) is 9.93 Å². The highest BCUT2D eigenvalue weighted by molar-refractivity contribution is 5.96. The lowest BCUT2D eigenvalue weighted by Crippen LogP contribution is -2.58. The average Bonchev–Trinajstić information content (AvgIpc) is 3.35. The number of aromatic nitrogens is 1. The Bertz CT molecular complexity index is 837. The first-order valence-electron chi connectivity index (χ1n) is 9.97. The highest BCUT2D eigenvalue weighted by Crippen LogP contribution is 2.36. The van der Waals surface area contributed by atoms with Crippen molar-refractivity contribution in [2.75, 3.05) is 6.54 Å². The fourth-order valence-electron chi connectivity index (χ4n) is 3.29. The predicted octanol–water partition coefficient (Wildman–Crippen LogP) is 3.11. The molecule has 2 atom stereocenters. The summed E-state index contributed by atoms with van der Waals surface area (Å²) in [5.41, 5.74) is 0.244. The lowest BCUT2D eigenvalue weighted by Gasteiger charge is -2.38. The van der Waals surface area contributed by atoms with Crippen molar-refractivity contribution in [1.82, 2.24) is 10.5 Å². The first kappa shape index (κ1) is 20.5. The fourth-order valence-corrected chi connectivity index (χ4v) is 3.29. The number of nitrogens with zero attached hydrogens (tertiary/aromatic N) is 1. The Labute approximate surface area is 166 Å². The van der Waals surface area contributed by atoms with Gasteiger partial charge in [0, 0.05) is 35.7 Å². The Balaban J connectivity index is 1.71. The van der Waals surface area contributed by atoms with Crippen LogP contribution in [0, 0.1) is 36.0 Å². The summed E-state index contributed by atoms with van der Waals surface area (Å²) in [6, 6.07) is 1.64. The van der Waals surface area contributed by atoms with E-state index in [1.54, 1.807) is 26.0 Å². The van der Waals surface area contributed by atoms with E-state index in [1.165, 1.54) is 12.8 Å². The normalized spacial score (nSPS) is 20.5. The van der Waals surface area contributed by atoms with Gasteiger partial charge in [0.15, 0.2) is 5.78 Å². The number of carbonyl (C=O) groups excluding carboxylic acids is 1. The number of aryl methyl sites for hydroxylation is 1. The van der Waals surface area contributed by atoms with Crippen molar-refractivity contribution in [3.05, 3.63) is 29.2 Å². The van der Waals surface area contributed by atoms with Gasteiger partial charge in [0.05, 0.1) is 0 Å². The molecule has 1 aromatic rings. The van der Waals surface area contributed by atoms with Crippen LogP contribution in [0.5, 0.6) is 0 Å². The van der Waals surface area contributed by atoms with Crippen LogP contribution in [0.1, 0.15) is 63.5 Å². The Morgan fingerprint density at radius 2 is 2.21 bits per heavy atom. The third-order valence-electron chi connectivity index (χ3n) is 5.55. The van der Waals surface area contributed by atoms with Gasteiger partial charge in [-0.3, -0.25) is 10.1 Å². The molecule has 1 unspecified atom stereocenters. The molecule has 2 saturated carbocycles. The lowest BCUT2D eigenvalue weighted by molar-refractivity contribution is -0.136. The lowest BCUT2D eigenvalue weighted by atomic mass is 9.72. The molecule has 0 saturated heterocycles. The third-order valence-corrected chi connectivity index (χ3v) is 5.55. The highest BCUT2D eigenvalue weighted by Gasteiger charge is 2.46. The molecule has 6 nitrogen and oxygen atoms in total. The topological polar surface area (TPSA) is 99.2 Å². The molecule has 28 heavy (non-hydrogen) atoms. The van der Waals surface area contributed by atoms with Crippen molar-refractivity contribution in [2.45, 2.75) is 64.5 Å². The number of aliphatic hydroxyl groups excluding tert-OH is 1. The molecule has 0 amide bonds. The van der Waals surface area contributed by atoms with Crippen LogP contribution in [0.15, 0.2) is 22.2 Å². The Kier molecular flexibility index (Phi) is 6.17. The molecule has 0 aromatic carbocycles. The number of aliphatic hydroxyl groups is 1. The molecule has 1 aromatic heterocycles. The molecule has 0 spiro atoms. The Morgan fingerprint density at radius 3 is 2.75 bits per heavy atom. The van der Waals surface area contributed by atoms with Crippen molar-refractivity contribution in [3.8, 4) is 11.8 Å². The van der Waals surface area contributed by atoms with Crippen molar-refractivity contribution in [3.63, 3.8) is 0 Å². The number of allylic oxidation sites excluding steroid dienone is 1. The van der Waals surface area contributed by atoms with Gasteiger partial charge in [-0.2, -0.15) is 0 Å². The second-order valence-corrected chi connectivity index (χ2v) is 8.21. The highest BCUT2D eigenvalue weighted by atomic mass is 16.5. The summed E-state index contributed by atoms with van der Waals surface area (Å²) >= 11 is 0. The number of nitrogens with one attached hydrogen (secondary N) is 2. The SMILES string of the molecule is C/C(C#CC1CC1)=C\C(=N)CN[C@](C)(C(=O)C1CCC1)C(O)c1cc(C)on1. The van der Waals surface area contributed by atoms with Crippen molar-refractivity contribution in [2.24, 2.45) is 11.8 Å². The third kappa shape index (κ3) is 4.78. The Hall–Kier alpha value is -2.23. The van der Waals surface area contributed by atoms with Gasteiger partial charge in [-0.15, -0.1) is 0 Å². The molecule has 0 aliphatic heterocycles. The average molecular weight is 383 g/mol. The quantitative estimate of drug-likeness (QED) is 0.473. The minimum absolute atomic E-state index is 0.0334. The number of carbonyl (C=O) groups is 1. The van der Waals surface area contributed by atoms with Crippen LogP contribution in [-0.4, -0.2) is 33.8 Å². The maximum Gasteiger partial charge on any atom is 0.158 e. The monoisotopic (exact) mass is 383 g/mol. The van der Waals surface area contributed by atoms with E-state index in [9.17, 15) is 9.90 Å². The van der Waals surface area contributed by atoms with Gasteiger partial charge in [0.2, 0.25) is 0 Å².